The second-order valence-corrected chi connectivity index (χ2v) is 9.48. The van der Waals surface area contributed by atoms with E-state index in [9.17, 15) is 9.59 Å². The van der Waals surface area contributed by atoms with E-state index in [1.807, 2.05) is 6.08 Å². The molecule has 2 aliphatic rings. The molecular formula is C26H40ClNO4. The van der Waals surface area contributed by atoms with Crippen molar-refractivity contribution in [2.24, 2.45) is 0 Å². The van der Waals surface area contributed by atoms with Crippen molar-refractivity contribution >= 4 is 23.3 Å². The summed E-state index contributed by atoms with van der Waals surface area (Å²) in [5, 5.41) is 0.462. The molecule has 1 amide bonds. The number of epoxide rings is 1. The van der Waals surface area contributed by atoms with E-state index in [4.69, 9.17) is 21.1 Å². The largest absolute Gasteiger partial charge is 0.381 e. The maximum absolute atomic E-state index is 12.4. The number of nitrogens with zero attached hydrogens (tertiary/aromatic N) is 1. The maximum Gasteiger partial charge on any atom is 0.222 e. The molecular weight excluding hydrogens is 426 g/mol. The highest BCUT2D eigenvalue weighted by molar-refractivity contribution is 6.30. The number of amides is 1. The van der Waals surface area contributed by atoms with Crippen LogP contribution in [0.15, 0.2) is 34.9 Å². The Balaban J connectivity index is 1.67. The lowest BCUT2D eigenvalue weighted by Crippen LogP contribution is -2.31. The number of unbranched alkanes of at least 4 members (excludes halogenated alkanes) is 4. The molecule has 1 aliphatic carbocycles. The molecule has 0 spiro atoms. The Bertz CT molecular complexity index is 729. The number of carbonyl (C=O) groups is 2. The minimum absolute atomic E-state index is 0.0252. The van der Waals surface area contributed by atoms with Crippen LogP contribution < -0.4 is 0 Å². The van der Waals surface area contributed by atoms with Gasteiger partial charge in [-0.1, -0.05) is 68.9 Å². The van der Waals surface area contributed by atoms with Crippen molar-refractivity contribution in [3.63, 3.8) is 0 Å². The van der Waals surface area contributed by atoms with Crippen LogP contribution in [0.5, 0.6) is 0 Å². The standard InChI is InChI=1S/C26H40ClNO4/c1-5-6-7-8-10-13-22(31-4)14-11-9-12-15-24(29)28(3)19-21(27)18-26-23(32-26)17-16-20(2)25(26)30/h9,11,16,18,22-23H,5-8,10,12-15,17,19H2,1-4H3/b11-9+,21-18-/t22?,23-,26-/m1/s1. The Hall–Kier alpha value is -1.43. The Kier molecular flexibility index (Phi) is 11.2. The van der Waals surface area contributed by atoms with Gasteiger partial charge in [0.1, 0.15) is 6.10 Å². The number of ketones is 1. The molecule has 1 fully saturated rings. The summed E-state index contributed by atoms with van der Waals surface area (Å²) in [6, 6.07) is 0. The van der Waals surface area contributed by atoms with E-state index < -0.39 is 5.60 Å². The van der Waals surface area contributed by atoms with E-state index in [0.29, 0.717) is 23.4 Å². The highest BCUT2D eigenvalue weighted by Crippen LogP contribution is 2.47. The van der Waals surface area contributed by atoms with Crippen molar-refractivity contribution in [3.05, 3.63) is 34.9 Å². The van der Waals surface area contributed by atoms with Crippen molar-refractivity contribution in [1.29, 1.82) is 0 Å². The SMILES string of the molecule is CCCCCCCC(C/C=C/CCC(=O)N(C)C/C(Cl)=C/[C@@]12O[C@@H]1CC=C(C)C2=O)OC. The average molecular weight is 466 g/mol. The number of rotatable bonds is 15. The van der Waals surface area contributed by atoms with E-state index in [1.165, 1.54) is 32.1 Å². The van der Waals surface area contributed by atoms with Crippen LogP contribution in [0.2, 0.25) is 0 Å². The molecule has 0 N–H and O–H groups in total. The Morgan fingerprint density at radius 3 is 2.81 bits per heavy atom. The van der Waals surface area contributed by atoms with Crippen molar-refractivity contribution < 1.29 is 19.1 Å². The Morgan fingerprint density at radius 1 is 1.34 bits per heavy atom. The van der Waals surface area contributed by atoms with Crippen molar-refractivity contribution in [3.8, 4) is 0 Å². The number of Topliss-reactive ketones (excluding diaryl/α,β-unsaturated/α-hetero) is 1. The van der Waals surface area contributed by atoms with Gasteiger partial charge in [0.25, 0.3) is 0 Å². The first-order valence-electron chi connectivity index (χ1n) is 12.0. The molecule has 180 valence electrons. The van der Waals surface area contributed by atoms with Crippen molar-refractivity contribution in [2.75, 3.05) is 20.7 Å². The molecule has 32 heavy (non-hydrogen) atoms. The summed E-state index contributed by atoms with van der Waals surface area (Å²) in [7, 11) is 3.51. The first kappa shape index (κ1) is 26.8. The van der Waals surface area contributed by atoms with E-state index in [2.05, 4.69) is 19.1 Å². The zero-order valence-corrected chi connectivity index (χ0v) is 21.0. The summed E-state index contributed by atoms with van der Waals surface area (Å²) in [4.78, 5) is 26.5. The first-order valence-corrected chi connectivity index (χ1v) is 12.4. The quantitative estimate of drug-likeness (QED) is 0.176. The second-order valence-electron chi connectivity index (χ2n) is 9.00. The number of carbonyl (C=O) groups excluding carboxylic acids is 2. The number of fused-ring (bicyclic) bond motifs is 1. The molecule has 1 heterocycles. The highest BCUT2D eigenvalue weighted by Gasteiger charge is 2.62. The first-order chi connectivity index (χ1) is 15.3. The second kappa shape index (κ2) is 13.3. The van der Waals surface area contributed by atoms with Gasteiger partial charge in [0.2, 0.25) is 5.91 Å². The van der Waals surface area contributed by atoms with Gasteiger partial charge < -0.3 is 14.4 Å². The Labute approximate surface area is 198 Å². The van der Waals surface area contributed by atoms with Crippen molar-refractivity contribution in [2.45, 2.75) is 95.9 Å². The summed E-state index contributed by atoms with van der Waals surface area (Å²) < 4.78 is 11.2. The maximum atomic E-state index is 12.4. The number of likely N-dealkylation sites (N-methyl/N-ethyl adjacent to an activating group) is 1. The summed E-state index contributed by atoms with van der Waals surface area (Å²) in [5.74, 6) is -0.00133. The highest BCUT2D eigenvalue weighted by atomic mass is 35.5. The van der Waals surface area contributed by atoms with E-state index in [1.54, 1.807) is 32.1 Å². The van der Waals surface area contributed by atoms with E-state index in [-0.39, 0.29) is 30.4 Å². The van der Waals surface area contributed by atoms with Gasteiger partial charge >= 0.3 is 0 Å². The monoisotopic (exact) mass is 465 g/mol. The molecule has 3 atom stereocenters. The molecule has 1 aliphatic heterocycles. The Morgan fingerprint density at radius 2 is 2.09 bits per heavy atom. The lowest BCUT2D eigenvalue weighted by atomic mass is 9.87. The normalized spacial score (nSPS) is 23.8. The number of ether oxygens (including phenoxy) is 2. The zero-order valence-electron chi connectivity index (χ0n) is 20.2. The lowest BCUT2D eigenvalue weighted by molar-refractivity contribution is -0.129. The van der Waals surface area contributed by atoms with Gasteiger partial charge in [-0.3, -0.25) is 9.59 Å². The fourth-order valence-electron chi connectivity index (χ4n) is 4.17. The van der Waals surface area contributed by atoms with Crippen LogP contribution in [0.4, 0.5) is 0 Å². The zero-order chi connectivity index (χ0) is 23.6. The minimum Gasteiger partial charge on any atom is -0.381 e. The van der Waals surface area contributed by atoms with Crippen LogP contribution in [-0.2, 0) is 19.1 Å². The van der Waals surface area contributed by atoms with Gasteiger partial charge in [-0.25, -0.2) is 0 Å². The summed E-state index contributed by atoms with van der Waals surface area (Å²) in [5.41, 5.74) is -0.195. The van der Waals surface area contributed by atoms with Gasteiger partial charge in [-0.15, -0.1) is 0 Å². The molecule has 1 unspecified atom stereocenters. The topological polar surface area (TPSA) is 59.1 Å². The number of halogens is 1. The number of hydrogen-bond donors (Lipinski definition) is 0. The molecule has 5 nitrogen and oxygen atoms in total. The third-order valence-electron chi connectivity index (χ3n) is 6.35. The average Bonchev–Trinajstić information content (AvgIpc) is 3.48. The van der Waals surface area contributed by atoms with Crippen LogP contribution in [0.1, 0.15) is 78.1 Å². The molecule has 0 bridgehead atoms. The molecule has 0 aromatic heterocycles. The van der Waals surface area contributed by atoms with Gasteiger partial charge in [0.05, 0.1) is 12.6 Å². The summed E-state index contributed by atoms with van der Waals surface area (Å²) >= 11 is 6.37. The van der Waals surface area contributed by atoms with E-state index >= 15 is 0 Å². The molecule has 1 saturated heterocycles. The molecule has 0 saturated carbocycles. The van der Waals surface area contributed by atoms with Crippen LogP contribution in [-0.4, -0.2) is 55.1 Å². The molecule has 0 radical (unpaired) electrons. The van der Waals surface area contributed by atoms with E-state index in [0.717, 1.165) is 19.3 Å². The van der Waals surface area contributed by atoms with Crippen LogP contribution >= 0.6 is 11.6 Å². The molecule has 2 rings (SSSR count). The van der Waals surface area contributed by atoms with Crippen molar-refractivity contribution in [1.82, 2.24) is 4.90 Å². The fraction of sp³-hybridized carbons (Fsp3) is 0.692. The fourth-order valence-corrected chi connectivity index (χ4v) is 4.51. The third-order valence-corrected chi connectivity index (χ3v) is 6.58. The van der Waals surface area contributed by atoms with Crippen LogP contribution in [0.3, 0.4) is 0 Å². The molecule has 0 aromatic rings. The van der Waals surface area contributed by atoms with Gasteiger partial charge in [0, 0.05) is 25.6 Å². The molecule has 0 aromatic carbocycles. The smallest absolute Gasteiger partial charge is 0.222 e. The summed E-state index contributed by atoms with van der Waals surface area (Å²) in [6.45, 7) is 4.31. The number of hydrogen-bond acceptors (Lipinski definition) is 4. The molecule has 6 heteroatoms. The van der Waals surface area contributed by atoms with Crippen LogP contribution in [0, 0.1) is 0 Å². The predicted octanol–water partition coefficient (Wildman–Crippen LogP) is 5.73. The predicted molar refractivity (Wildman–Crippen MR) is 130 cm³/mol. The number of methoxy groups -OCH3 is 1. The lowest BCUT2D eigenvalue weighted by Gasteiger charge is -2.18. The minimum atomic E-state index is -0.906. The number of allylic oxidation sites excluding steroid dienone is 1. The van der Waals surface area contributed by atoms with Gasteiger partial charge in [-0.2, -0.15) is 0 Å². The van der Waals surface area contributed by atoms with Gasteiger partial charge in [-0.05, 0) is 44.3 Å². The van der Waals surface area contributed by atoms with Crippen LogP contribution in [0.25, 0.3) is 0 Å². The summed E-state index contributed by atoms with van der Waals surface area (Å²) in [6.07, 6.45) is 18.1. The van der Waals surface area contributed by atoms with Gasteiger partial charge in [0.15, 0.2) is 11.4 Å². The third kappa shape index (κ3) is 7.86.